The quantitative estimate of drug-likeness (QED) is 0.0877. The number of carbonyl (C=O) groups excluding carboxylic acids is 4. The summed E-state index contributed by atoms with van der Waals surface area (Å²) in [5.41, 5.74) is 0.389. The molecular formula is C35H55N3O10. The SMILES string of the molecule is CCCCCC(=O)NC(Cc1ccc(OCOC(=O)OCC2CC(O)CC(O)O2)cc1)C(=O)NC(C(=O)NC1(C)CC1(C)C)C(C)CC. The normalized spacial score (nSPS) is 24.7. The van der Waals surface area contributed by atoms with Crippen molar-refractivity contribution in [1.82, 2.24) is 16.0 Å². The molecule has 1 saturated carbocycles. The van der Waals surface area contributed by atoms with E-state index in [9.17, 15) is 29.4 Å². The highest BCUT2D eigenvalue weighted by atomic mass is 16.8. The molecule has 2 fully saturated rings. The molecule has 0 aromatic heterocycles. The van der Waals surface area contributed by atoms with Crippen molar-refractivity contribution in [3.8, 4) is 5.75 Å². The van der Waals surface area contributed by atoms with Gasteiger partial charge in [-0.2, -0.15) is 0 Å². The first-order valence-electron chi connectivity index (χ1n) is 17.1. The summed E-state index contributed by atoms with van der Waals surface area (Å²) < 4.78 is 20.6. The molecule has 1 aliphatic carbocycles. The molecular weight excluding hydrogens is 622 g/mol. The van der Waals surface area contributed by atoms with Crippen LogP contribution in [0.5, 0.6) is 5.75 Å². The van der Waals surface area contributed by atoms with E-state index >= 15 is 0 Å². The molecule has 1 aliphatic heterocycles. The van der Waals surface area contributed by atoms with Gasteiger partial charge < -0.3 is 45.1 Å². The fourth-order valence-corrected chi connectivity index (χ4v) is 5.75. The number of carbonyl (C=O) groups is 4. The molecule has 3 amide bonds. The molecule has 7 unspecified atom stereocenters. The van der Waals surface area contributed by atoms with Gasteiger partial charge >= 0.3 is 6.16 Å². The fourth-order valence-electron chi connectivity index (χ4n) is 5.75. The highest BCUT2D eigenvalue weighted by Crippen LogP contribution is 2.55. The van der Waals surface area contributed by atoms with E-state index in [2.05, 4.69) is 36.7 Å². The third-order valence-corrected chi connectivity index (χ3v) is 9.53. The Labute approximate surface area is 283 Å². The molecule has 1 heterocycles. The minimum atomic E-state index is -1.12. The van der Waals surface area contributed by atoms with Crippen LogP contribution in [0.15, 0.2) is 24.3 Å². The molecule has 48 heavy (non-hydrogen) atoms. The summed E-state index contributed by atoms with van der Waals surface area (Å²) in [5, 5.41) is 28.2. The zero-order valence-corrected chi connectivity index (χ0v) is 29.2. The van der Waals surface area contributed by atoms with Crippen LogP contribution in [-0.4, -0.2) is 83.6 Å². The molecule has 2 aliphatic rings. The average Bonchev–Trinajstić information content (AvgIpc) is 3.53. The van der Waals surface area contributed by atoms with Gasteiger partial charge in [-0.3, -0.25) is 14.4 Å². The van der Waals surface area contributed by atoms with Crippen LogP contribution in [0, 0.1) is 11.3 Å². The van der Waals surface area contributed by atoms with Crippen LogP contribution in [-0.2, 0) is 35.0 Å². The minimum absolute atomic E-state index is 0.0203. The lowest BCUT2D eigenvalue weighted by Crippen LogP contribution is -2.57. The second kappa shape index (κ2) is 17.8. The molecule has 7 atom stereocenters. The number of hydrogen-bond acceptors (Lipinski definition) is 10. The number of benzene rings is 1. The van der Waals surface area contributed by atoms with E-state index in [0.717, 1.165) is 24.8 Å². The smallest absolute Gasteiger partial charge is 0.457 e. The number of aliphatic hydroxyl groups excluding tert-OH is 2. The zero-order valence-electron chi connectivity index (χ0n) is 29.2. The zero-order chi connectivity index (χ0) is 35.5. The standard InChI is InChI=1S/C35H55N3O10/c1-7-9-10-11-28(40)36-27(31(42)37-30(22(3)8-2)32(43)38-35(6)20-34(35,4)5)16-23-12-14-25(15-13-23)46-21-47-33(44)45-19-26-17-24(39)18-29(41)48-26/h12-15,22,24,26-27,29-30,39,41H,7-11,16-21H2,1-6H3,(H,36,40)(H,37,42)(H,38,43). The molecule has 1 aromatic carbocycles. The Morgan fingerprint density at radius 2 is 1.67 bits per heavy atom. The lowest BCUT2D eigenvalue weighted by atomic mass is 9.96. The van der Waals surface area contributed by atoms with Crippen molar-refractivity contribution in [2.45, 2.75) is 135 Å². The Morgan fingerprint density at radius 3 is 2.27 bits per heavy atom. The summed E-state index contributed by atoms with van der Waals surface area (Å²) in [4.78, 5) is 51.8. The summed E-state index contributed by atoms with van der Waals surface area (Å²) in [5.74, 6) is -0.631. The van der Waals surface area contributed by atoms with Gasteiger partial charge in [-0.05, 0) is 48.8 Å². The highest BCUT2D eigenvalue weighted by Gasteiger charge is 2.58. The molecule has 0 bridgehead atoms. The van der Waals surface area contributed by atoms with Gasteiger partial charge in [0.15, 0.2) is 6.29 Å². The van der Waals surface area contributed by atoms with Crippen LogP contribution in [0.2, 0.25) is 0 Å². The van der Waals surface area contributed by atoms with Crippen LogP contribution in [0.4, 0.5) is 4.79 Å². The average molecular weight is 678 g/mol. The second-order valence-corrected chi connectivity index (χ2v) is 14.0. The van der Waals surface area contributed by atoms with E-state index in [4.69, 9.17) is 18.9 Å². The summed E-state index contributed by atoms with van der Waals surface area (Å²) in [6.07, 6.45) is 1.42. The number of aliphatic hydroxyl groups is 2. The van der Waals surface area contributed by atoms with Gasteiger partial charge in [0, 0.05) is 31.2 Å². The van der Waals surface area contributed by atoms with Crippen LogP contribution >= 0.6 is 0 Å². The fraction of sp³-hybridized carbons (Fsp3) is 0.714. The predicted molar refractivity (Wildman–Crippen MR) is 177 cm³/mol. The van der Waals surface area contributed by atoms with Crippen molar-refractivity contribution in [3.63, 3.8) is 0 Å². The van der Waals surface area contributed by atoms with E-state index in [1.165, 1.54) is 0 Å². The van der Waals surface area contributed by atoms with Gasteiger partial charge in [0.25, 0.3) is 0 Å². The van der Waals surface area contributed by atoms with Crippen molar-refractivity contribution in [1.29, 1.82) is 0 Å². The van der Waals surface area contributed by atoms with Crippen molar-refractivity contribution >= 4 is 23.9 Å². The lowest BCUT2D eigenvalue weighted by Gasteiger charge is -2.29. The van der Waals surface area contributed by atoms with E-state index in [0.29, 0.717) is 25.0 Å². The monoisotopic (exact) mass is 677 g/mol. The van der Waals surface area contributed by atoms with Gasteiger partial charge in [0.2, 0.25) is 24.5 Å². The number of rotatable bonds is 18. The Kier molecular flexibility index (Phi) is 14.5. The van der Waals surface area contributed by atoms with E-state index in [1.807, 2.05) is 20.8 Å². The number of unbranched alkanes of at least 4 members (excludes halogenated alkanes) is 2. The summed E-state index contributed by atoms with van der Waals surface area (Å²) in [6, 6.07) is 5.10. The van der Waals surface area contributed by atoms with Gasteiger partial charge in [0.1, 0.15) is 24.4 Å². The maximum absolute atomic E-state index is 13.7. The van der Waals surface area contributed by atoms with Crippen molar-refractivity contribution < 1.29 is 48.3 Å². The van der Waals surface area contributed by atoms with Crippen molar-refractivity contribution in [2.75, 3.05) is 13.4 Å². The molecule has 1 saturated heterocycles. The van der Waals surface area contributed by atoms with Crippen LogP contribution in [0.25, 0.3) is 0 Å². The maximum Gasteiger partial charge on any atom is 0.511 e. The maximum atomic E-state index is 13.7. The van der Waals surface area contributed by atoms with Gasteiger partial charge in [-0.1, -0.05) is 66.0 Å². The van der Waals surface area contributed by atoms with Crippen LogP contribution < -0.4 is 20.7 Å². The van der Waals surface area contributed by atoms with E-state index in [-0.39, 0.29) is 54.6 Å². The number of ether oxygens (including phenoxy) is 4. The Hall–Kier alpha value is -3.42. The largest absolute Gasteiger partial charge is 0.511 e. The Morgan fingerprint density at radius 1 is 0.979 bits per heavy atom. The summed E-state index contributed by atoms with van der Waals surface area (Å²) in [7, 11) is 0. The first kappa shape index (κ1) is 39.0. The molecule has 13 heteroatoms. The summed E-state index contributed by atoms with van der Waals surface area (Å²) >= 11 is 0. The minimum Gasteiger partial charge on any atom is -0.457 e. The van der Waals surface area contributed by atoms with Crippen LogP contribution in [0.1, 0.15) is 98.5 Å². The Bertz CT molecular complexity index is 1220. The van der Waals surface area contributed by atoms with Gasteiger partial charge in [0.05, 0.1) is 12.2 Å². The van der Waals surface area contributed by atoms with Crippen molar-refractivity contribution in [3.05, 3.63) is 29.8 Å². The molecule has 3 rings (SSSR count). The molecule has 270 valence electrons. The molecule has 0 radical (unpaired) electrons. The van der Waals surface area contributed by atoms with Gasteiger partial charge in [-0.15, -0.1) is 0 Å². The number of nitrogens with one attached hydrogen (secondary N) is 3. The van der Waals surface area contributed by atoms with Crippen LogP contribution in [0.3, 0.4) is 0 Å². The Balaban J connectivity index is 1.57. The second-order valence-electron chi connectivity index (χ2n) is 14.0. The summed E-state index contributed by atoms with van der Waals surface area (Å²) in [6.45, 7) is 11.5. The predicted octanol–water partition coefficient (Wildman–Crippen LogP) is 3.48. The molecule has 0 spiro atoms. The first-order valence-corrected chi connectivity index (χ1v) is 17.1. The third-order valence-electron chi connectivity index (χ3n) is 9.53. The molecule has 5 N–H and O–H groups in total. The number of amides is 3. The topological polar surface area (TPSA) is 182 Å². The van der Waals surface area contributed by atoms with Gasteiger partial charge in [-0.25, -0.2) is 4.79 Å². The lowest BCUT2D eigenvalue weighted by molar-refractivity contribution is -0.198. The van der Waals surface area contributed by atoms with E-state index in [1.54, 1.807) is 24.3 Å². The third kappa shape index (κ3) is 11.9. The first-order chi connectivity index (χ1) is 22.7. The number of hydrogen-bond donors (Lipinski definition) is 5. The molecule has 13 nitrogen and oxygen atoms in total. The van der Waals surface area contributed by atoms with Crippen molar-refractivity contribution in [2.24, 2.45) is 11.3 Å². The highest BCUT2D eigenvalue weighted by molar-refractivity contribution is 5.92. The van der Waals surface area contributed by atoms with E-state index < -0.39 is 49.4 Å². The molecule has 1 aromatic rings.